The maximum absolute atomic E-state index is 12.8. The largest absolute Gasteiger partial charge is 0.416 e. The molecule has 0 radical (unpaired) electrons. The first-order chi connectivity index (χ1) is 11.6. The van der Waals surface area contributed by atoms with Crippen LogP contribution < -0.4 is 5.43 Å². The molecule has 1 aromatic carbocycles. The lowest BCUT2D eigenvalue weighted by atomic mass is 10.1. The Bertz CT molecular complexity index is 646. The second-order valence-corrected chi connectivity index (χ2v) is 5.19. The molecule has 1 rings (SSSR count). The predicted molar refractivity (Wildman–Crippen MR) is 85.6 cm³/mol. The van der Waals surface area contributed by atoms with Gasteiger partial charge in [-0.05, 0) is 12.8 Å². The van der Waals surface area contributed by atoms with Crippen LogP contribution in [0.25, 0.3) is 0 Å². The summed E-state index contributed by atoms with van der Waals surface area (Å²) in [5.74, 6) is 0. The van der Waals surface area contributed by atoms with Crippen molar-refractivity contribution in [1.29, 1.82) is 0 Å². The zero-order valence-corrected chi connectivity index (χ0v) is 13.6. The molecule has 0 heterocycles. The molecular weight excluding hydrogens is 345 g/mol. The summed E-state index contributed by atoms with van der Waals surface area (Å²) in [6.45, 7) is 3.77. The molecule has 0 atom stereocenters. The number of nitro groups is 2. The minimum absolute atomic E-state index is 0.254. The van der Waals surface area contributed by atoms with E-state index in [9.17, 15) is 33.4 Å². The summed E-state index contributed by atoms with van der Waals surface area (Å²) < 4.78 is 38.5. The fourth-order valence-corrected chi connectivity index (χ4v) is 2.13. The molecule has 0 bridgehead atoms. The van der Waals surface area contributed by atoms with E-state index in [-0.39, 0.29) is 12.1 Å². The quantitative estimate of drug-likeness (QED) is 0.402. The van der Waals surface area contributed by atoms with Gasteiger partial charge < -0.3 is 0 Å². The number of nitrogens with zero attached hydrogens (tertiary/aromatic N) is 3. The van der Waals surface area contributed by atoms with Crippen LogP contribution in [0.2, 0.25) is 0 Å². The number of rotatable bonds is 8. The molecule has 1 N–H and O–H groups in total. The number of halogens is 3. The topological polar surface area (TPSA) is 111 Å². The van der Waals surface area contributed by atoms with Gasteiger partial charge in [0.05, 0.1) is 15.4 Å². The highest BCUT2D eigenvalue weighted by atomic mass is 19.4. The normalized spacial score (nSPS) is 11.1. The lowest BCUT2D eigenvalue weighted by molar-refractivity contribution is -0.392. The van der Waals surface area contributed by atoms with E-state index in [4.69, 9.17) is 0 Å². The fraction of sp³-hybridized carbons (Fsp3) is 0.500. The van der Waals surface area contributed by atoms with E-state index >= 15 is 0 Å². The van der Waals surface area contributed by atoms with Crippen molar-refractivity contribution in [2.24, 2.45) is 5.10 Å². The second kappa shape index (κ2) is 8.40. The van der Waals surface area contributed by atoms with Crippen molar-refractivity contribution in [2.45, 2.75) is 45.7 Å². The van der Waals surface area contributed by atoms with Crippen LogP contribution in [-0.4, -0.2) is 15.6 Å². The van der Waals surface area contributed by atoms with Gasteiger partial charge in [-0.3, -0.25) is 25.7 Å². The molecule has 11 heteroatoms. The third-order valence-corrected chi connectivity index (χ3v) is 3.22. The smallest absolute Gasteiger partial charge is 0.266 e. The van der Waals surface area contributed by atoms with E-state index in [1.807, 2.05) is 13.8 Å². The summed E-state index contributed by atoms with van der Waals surface area (Å²) in [6, 6.07) is 0.508. The third-order valence-electron chi connectivity index (χ3n) is 3.22. The number of benzene rings is 1. The molecule has 138 valence electrons. The maximum Gasteiger partial charge on any atom is 0.416 e. The van der Waals surface area contributed by atoms with Gasteiger partial charge in [0.15, 0.2) is 0 Å². The summed E-state index contributed by atoms with van der Waals surface area (Å²) >= 11 is 0. The molecule has 0 aliphatic rings. The lowest BCUT2D eigenvalue weighted by Gasteiger charge is -2.10. The van der Waals surface area contributed by atoms with E-state index in [1.165, 1.54) is 0 Å². The third kappa shape index (κ3) is 5.40. The highest BCUT2D eigenvalue weighted by Crippen LogP contribution is 2.41. The molecule has 8 nitrogen and oxygen atoms in total. The van der Waals surface area contributed by atoms with Crippen LogP contribution in [0.3, 0.4) is 0 Å². The van der Waals surface area contributed by atoms with Crippen LogP contribution >= 0.6 is 0 Å². The lowest BCUT2D eigenvalue weighted by Crippen LogP contribution is -2.10. The number of hydrazone groups is 1. The Balaban J connectivity index is 3.48. The Kier molecular flexibility index (Phi) is 6.83. The van der Waals surface area contributed by atoms with Gasteiger partial charge in [-0.2, -0.15) is 18.3 Å². The average Bonchev–Trinajstić information content (AvgIpc) is 2.51. The first kappa shape index (κ1) is 20.3. The Morgan fingerprint density at radius 1 is 1.08 bits per heavy atom. The van der Waals surface area contributed by atoms with Gasteiger partial charge in [-0.25, -0.2) is 0 Å². The molecule has 25 heavy (non-hydrogen) atoms. The van der Waals surface area contributed by atoms with Gasteiger partial charge in [0.2, 0.25) is 5.69 Å². The molecule has 0 saturated carbocycles. The van der Waals surface area contributed by atoms with Crippen LogP contribution in [0.15, 0.2) is 17.2 Å². The van der Waals surface area contributed by atoms with Gasteiger partial charge in [0, 0.05) is 17.8 Å². The molecule has 0 saturated heterocycles. The number of alkyl halides is 3. The van der Waals surface area contributed by atoms with Gasteiger partial charge in [-0.1, -0.05) is 26.7 Å². The summed E-state index contributed by atoms with van der Waals surface area (Å²) in [4.78, 5) is 20.0. The van der Waals surface area contributed by atoms with Crippen molar-refractivity contribution in [2.75, 3.05) is 5.43 Å². The highest BCUT2D eigenvalue weighted by Gasteiger charge is 2.37. The second-order valence-electron chi connectivity index (χ2n) is 5.19. The van der Waals surface area contributed by atoms with Crippen molar-refractivity contribution in [3.05, 3.63) is 37.9 Å². The van der Waals surface area contributed by atoms with E-state index in [1.54, 1.807) is 0 Å². The standard InChI is InChI=1S/C14H17F3N4O4/c1-3-5-10(6-4-2)18-19-13-11(20(22)23)7-9(14(15,16)17)8-12(13)21(24)25/h7-8,19H,3-6H2,1-2H3. The number of hydrogen-bond acceptors (Lipinski definition) is 6. The van der Waals surface area contributed by atoms with Crippen LogP contribution in [0.5, 0.6) is 0 Å². The molecule has 0 aromatic heterocycles. The van der Waals surface area contributed by atoms with Crippen molar-refractivity contribution < 1.29 is 23.0 Å². The first-order valence-electron chi connectivity index (χ1n) is 7.47. The Labute approximate surface area is 141 Å². The van der Waals surface area contributed by atoms with Crippen LogP contribution in [0.4, 0.5) is 30.2 Å². The minimum Gasteiger partial charge on any atom is -0.266 e. The molecule has 0 amide bonds. The molecule has 0 unspecified atom stereocenters. The molecule has 0 aliphatic heterocycles. The average molecular weight is 362 g/mol. The van der Waals surface area contributed by atoms with E-state index in [2.05, 4.69) is 10.5 Å². The van der Waals surface area contributed by atoms with Crippen molar-refractivity contribution in [1.82, 2.24) is 0 Å². The van der Waals surface area contributed by atoms with Crippen molar-refractivity contribution >= 4 is 22.8 Å². The summed E-state index contributed by atoms with van der Waals surface area (Å²) in [5, 5.41) is 26.1. The fourth-order valence-electron chi connectivity index (χ4n) is 2.13. The molecule has 0 fully saturated rings. The van der Waals surface area contributed by atoms with Crippen molar-refractivity contribution in [3.8, 4) is 0 Å². The summed E-state index contributed by atoms with van der Waals surface area (Å²) in [7, 11) is 0. The number of nitrogens with one attached hydrogen (secondary N) is 1. The van der Waals surface area contributed by atoms with Crippen LogP contribution in [0, 0.1) is 20.2 Å². The number of anilines is 1. The van der Waals surface area contributed by atoms with Gasteiger partial charge in [0.25, 0.3) is 0 Å². The summed E-state index contributed by atoms with van der Waals surface area (Å²) in [6.07, 6.45) is -2.37. The van der Waals surface area contributed by atoms with E-state index < -0.39 is 38.6 Å². The molecular formula is C14H17F3N4O4. The highest BCUT2D eigenvalue weighted by molar-refractivity contribution is 5.86. The van der Waals surface area contributed by atoms with Crippen LogP contribution in [-0.2, 0) is 6.18 Å². The first-order valence-corrected chi connectivity index (χ1v) is 7.47. The SMILES string of the molecule is CCCC(CCC)=NNc1c([N+](=O)[O-])cc(C(F)(F)F)cc1[N+](=O)[O-]. The zero-order chi connectivity index (χ0) is 19.2. The van der Waals surface area contributed by atoms with Gasteiger partial charge >= 0.3 is 17.6 Å². The molecule has 1 aromatic rings. The maximum atomic E-state index is 12.8. The van der Waals surface area contributed by atoms with Crippen molar-refractivity contribution in [3.63, 3.8) is 0 Å². The predicted octanol–water partition coefficient (Wildman–Crippen LogP) is 4.89. The van der Waals surface area contributed by atoms with Gasteiger partial charge in [0.1, 0.15) is 0 Å². The number of hydrogen-bond donors (Lipinski definition) is 1. The van der Waals surface area contributed by atoms with E-state index in [0.717, 1.165) is 12.8 Å². The Hall–Kier alpha value is -2.72. The zero-order valence-electron chi connectivity index (χ0n) is 13.6. The minimum atomic E-state index is -4.95. The monoisotopic (exact) mass is 362 g/mol. The molecule has 0 spiro atoms. The Morgan fingerprint density at radius 3 is 1.84 bits per heavy atom. The number of nitro benzene ring substituents is 2. The molecule has 0 aliphatic carbocycles. The van der Waals surface area contributed by atoms with E-state index in [0.29, 0.717) is 18.6 Å². The van der Waals surface area contributed by atoms with Gasteiger partial charge in [-0.15, -0.1) is 0 Å². The van der Waals surface area contributed by atoms with Crippen LogP contribution in [0.1, 0.15) is 45.1 Å². The Morgan fingerprint density at radius 2 is 1.52 bits per heavy atom. The summed E-state index contributed by atoms with van der Waals surface area (Å²) in [5.41, 5.74) is -1.41.